The first kappa shape index (κ1) is 30.4. The maximum Gasteiger partial charge on any atom is 0.0991 e. The van der Waals surface area contributed by atoms with Crippen LogP contribution in [0.1, 0.15) is 52.9 Å². The molecule has 0 N–H and O–H groups in total. The maximum atomic E-state index is 9.17. The second-order valence-corrected chi connectivity index (χ2v) is 17.7. The van der Waals surface area contributed by atoms with Gasteiger partial charge >= 0.3 is 0 Å². The summed E-state index contributed by atoms with van der Waals surface area (Å²) in [7, 11) is 0. The normalized spacial score (nSPS) is 20.7. The molecule has 5 heteroatoms. The van der Waals surface area contributed by atoms with Gasteiger partial charge in [0.2, 0.25) is 0 Å². The Balaban J connectivity index is 0.905. The van der Waals surface area contributed by atoms with Crippen LogP contribution < -0.4 is 0 Å². The monoisotopic (exact) mass is 698 g/mol. The minimum Gasteiger partial charge on any atom is -0.309 e. The third kappa shape index (κ3) is 5.16. The van der Waals surface area contributed by atoms with E-state index in [1.165, 1.54) is 95.6 Å². The number of aromatic nitrogens is 1. The van der Waals surface area contributed by atoms with E-state index in [2.05, 4.69) is 155 Å². The van der Waals surface area contributed by atoms with E-state index in [1.54, 1.807) is 0 Å². The van der Waals surface area contributed by atoms with Crippen molar-refractivity contribution in [1.82, 2.24) is 4.57 Å². The van der Waals surface area contributed by atoms with Crippen LogP contribution in [0.25, 0.3) is 58.8 Å². The number of fused-ring (bicyclic) bond motifs is 6. The Hall–Kier alpha value is -4.47. The number of para-hydroxylation sites is 1. The molecule has 2 aliphatic heterocycles. The van der Waals surface area contributed by atoms with E-state index in [1.807, 2.05) is 23.5 Å². The average Bonchev–Trinajstić information content (AvgIpc) is 3.99. The third-order valence-electron chi connectivity index (χ3n) is 10.8. The highest BCUT2D eigenvalue weighted by Crippen LogP contribution is 2.55. The van der Waals surface area contributed by atoms with Gasteiger partial charge < -0.3 is 4.57 Å². The van der Waals surface area contributed by atoms with Gasteiger partial charge in [-0.3, -0.25) is 0 Å². The molecular weight excluding hydrogens is 665 g/mol. The molecule has 0 amide bonds. The van der Waals surface area contributed by atoms with E-state index in [9.17, 15) is 0 Å². The van der Waals surface area contributed by atoms with Crippen LogP contribution in [0.5, 0.6) is 0 Å². The molecule has 4 unspecified atom stereocenters. The van der Waals surface area contributed by atoms with Crippen molar-refractivity contribution in [3.8, 4) is 22.9 Å². The number of nitriles is 1. The van der Waals surface area contributed by atoms with Crippen LogP contribution in [0.4, 0.5) is 0 Å². The fourth-order valence-corrected chi connectivity index (χ4v) is 13.0. The zero-order chi connectivity index (χ0) is 33.2. The molecule has 0 bridgehead atoms. The fraction of sp³-hybridized carbons (Fsp3) is 0.178. The van der Waals surface area contributed by atoms with Crippen LogP contribution in [0.2, 0.25) is 0 Å². The SMILES string of the molecule is N#Cc1ccc(C2CCC(C3CCC(c4ccc(-c5ccc6c(c5)c5ccccc5n6-c5ccc6sc7ccccc7c6c5)cc4)S3)S2)cc1. The molecular formula is C45H34N2S3. The summed E-state index contributed by atoms with van der Waals surface area (Å²) in [5.74, 6) is 0. The number of hydrogen-bond donors (Lipinski definition) is 0. The average molecular weight is 699 g/mol. The second-order valence-electron chi connectivity index (χ2n) is 13.7. The molecule has 0 saturated carbocycles. The number of nitrogens with zero attached hydrogens (tertiary/aromatic N) is 2. The molecule has 2 aromatic heterocycles. The highest BCUT2D eigenvalue weighted by molar-refractivity contribution is 8.04. The molecule has 6 aromatic carbocycles. The van der Waals surface area contributed by atoms with Gasteiger partial charge in [-0.15, -0.1) is 34.9 Å². The highest BCUT2D eigenvalue weighted by atomic mass is 32.2. The molecule has 4 heterocycles. The van der Waals surface area contributed by atoms with Crippen LogP contribution in [-0.2, 0) is 0 Å². The van der Waals surface area contributed by atoms with Gasteiger partial charge in [0.15, 0.2) is 0 Å². The summed E-state index contributed by atoms with van der Waals surface area (Å²) >= 11 is 6.24. The summed E-state index contributed by atoms with van der Waals surface area (Å²) in [6.45, 7) is 0. The van der Waals surface area contributed by atoms with Crippen molar-refractivity contribution in [1.29, 1.82) is 5.26 Å². The minimum absolute atomic E-state index is 0.558. The Morgan fingerprint density at radius 3 is 1.88 bits per heavy atom. The summed E-state index contributed by atoms with van der Waals surface area (Å²) in [5.41, 5.74) is 9.81. The molecule has 2 saturated heterocycles. The smallest absolute Gasteiger partial charge is 0.0991 e. The number of thioether (sulfide) groups is 2. The van der Waals surface area contributed by atoms with E-state index in [-0.39, 0.29) is 0 Å². The van der Waals surface area contributed by atoms with Gasteiger partial charge in [0, 0.05) is 57.6 Å². The zero-order valence-corrected chi connectivity index (χ0v) is 29.9. The maximum absolute atomic E-state index is 9.17. The first-order valence-electron chi connectivity index (χ1n) is 17.6. The van der Waals surface area contributed by atoms with Crippen molar-refractivity contribution in [2.24, 2.45) is 0 Å². The van der Waals surface area contributed by atoms with Gasteiger partial charge in [0.05, 0.1) is 22.7 Å². The highest BCUT2D eigenvalue weighted by Gasteiger charge is 2.37. The van der Waals surface area contributed by atoms with Crippen molar-refractivity contribution in [3.05, 3.63) is 150 Å². The van der Waals surface area contributed by atoms with E-state index >= 15 is 0 Å². The molecule has 50 heavy (non-hydrogen) atoms. The minimum atomic E-state index is 0.558. The summed E-state index contributed by atoms with van der Waals surface area (Å²) in [5, 5.41) is 17.0. The molecule has 2 aliphatic rings. The van der Waals surface area contributed by atoms with Crippen LogP contribution in [0, 0.1) is 11.3 Å². The van der Waals surface area contributed by atoms with E-state index < -0.39 is 0 Å². The van der Waals surface area contributed by atoms with Crippen molar-refractivity contribution in [2.75, 3.05) is 0 Å². The number of benzene rings is 6. The lowest BCUT2D eigenvalue weighted by atomic mass is 9.99. The summed E-state index contributed by atoms with van der Waals surface area (Å²) in [6.07, 6.45) is 5.08. The summed E-state index contributed by atoms with van der Waals surface area (Å²) in [4.78, 5) is 0. The van der Waals surface area contributed by atoms with E-state index in [4.69, 9.17) is 5.26 Å². The van der Waals surface area contributed by atoms with Crippen molar-refractivity contribution in [2.45, 2.75) is 46.7 Å². The zero-order valence-electron chi connectivity index (χ0n) is 27.5. The van der Waals surface area contributed by atoms with Gasteiger partial charge in [-0.25, -0.2) is 0 Å². The topological polar surface area (TPSA) is 28.7 Å². The van der Waals surface area contributed by atoms with E-state index in [0.29, 0.717) is 21.0 Å². The lowest BCUT2D eigenvalue weighted by molar-refractivity contribution is 0.670. The second kappa shape index (κ2) is 12.4. The van der Waals surface area contributed by atoms with Crippen molar-refractivity contribution >= 4 is 76.8 Å². The predicted octanol–water partition coefficient (Wildman–Crippen LogP) is 13.3. The molecule has 10 rings (SSSR count). The van der Waals surface area contributed by atoms with Gasteiger partial charge in [-0.1, -0.05) is 78.9 Å². The van der Waals surface area contributed by atoms with Crippen LogP contribution in [-0.4, -0.2) is 15.1 Å². The predicted molar refractivity (Wildman–Crippen MR) is 217 cm³/mol. The van der Waals surface area contributed by atoms with Gasteiger partial charge in [-0.05, 0) is 103 Å². The molecule has 8 aromatic rings. The first-order valence-corrected chi connectivity index (χ1v) is 20.3. The standard InChI is InChI=1S/C45H34N2S3/c46-27-28-9-11-30(12-10-28)40-21-23-44(48-40)45-24-22-41(49-45)31-15-13-29(14-16-31)32-17-19-39-36(25-32)34-5-1-3-7-38(34)47(39)33-18-20-43-37(26-33)35-6-2-4-8-42(35)50-43/h1-20,25-26,40-41,44-45H,21-24H2. The molecule has 2 nitrogen and oxygen atoms in total. The van der Waals surface area contributed by atoms with Crippen molar-refractivity contribution < 1.29 is 0 Å². The summed E-state index contributed by atoms with van der Waals surface area (Å²) in [6, 6.07) is 51.5. The fourth-order valence-electron chi connectivity index (χ4n) is 8.31. The van der Waals surface area contributed by atoms with Crippen LogP contribution in [0.15, 0.2) is 133 Å². The first-order chi connectivity index (χ1) is 24.7. The van der Waals surface area contributed by atoms with Crippen LogP contribution in [0.3, 0.4) is 0 Å². The van der Waals surface area contributed by atoms with Gasteiger partial charge in [-0.2, -0.15) is 5.26 Å². The Morgan fingerprint density at radius 2 is 1.14 bits per heavy atom. The third-order valence-corrected chi connectivity index (χ3v) is 15.7. The van der Waals surface area contributed by atoms with E-state index in [0.717, 1.165) is 5.56 Å². The van der Waals surface area contributed by atoms with Crippen molar-refractivity contribution in [3.63, 3.8) is 0 Å². The van der Waals surface area contributed by atoms with Crippen LogP contribution >= 0.6 is 34.9 Å². The number of thiophene rings is 1. The molecule has 0 aliphatic carbocycles. The van der Waals surface area contributed by atoms with Gasteiger partial charge in [0.25, 0.3) is 0 Å². The molecule has 2 fully saturated rings. The van der Waals surface area contributed by atoms with Gasteiger partial charge in [0.1, 0.15) is 0 Å². The Labute approximate surface area is 304 Å². The quantitative estimate of drug-likeness (QED) is 0.179. The Morgan fingerprint density at radius 1 is 0.520 bits per heavy atom. The summed E-state index contributed by atoms with van der Waals surface area (Å²) < 4.78 is 5.11. The molecule has 242 valence electrons. The lowest BCUT2D eigenvalue weighted by Gasteiger charge is -2.19. The number of rotatable bonds is 5. The molecule has 0 spiro atoms. The molecule has 0 radical (unpaired) electrons. The number of hydrogen-bond acceptors (Lipinski definition) is 4. The Kier molecular flexibility index (Phi) is 7.52. The lowest BCUT2D eigenvalue weighted by Crippen LogP contribution is -2.13. The largest absolute Gasteiger partial charge is 0.309 e. The molecule has 4 atom stereocenters. The Bertz CT molecular complexity index is 2590.